The molecule has 3 N–H and O–H groups in total. The van der Waals surface area contributed by atoms with Crippen LogP contribution in [0.25, 0.3) is 0 Å². The maximum Gasteiger partial charge on any atom is 0.0416 e. The molecular weight excluding hydrogens is 150 g/mol. The Morgan fingerprint density at radius 2 is 2.33 bits per heavy atom. The number of hydrogen-bond donors (Lipinski definition) is 2. The van der Waals surface area contributed by atoms with Gasteiger partial charge in [-0.15, -0.1) is 0 Å². The summed E-state index contributed by atoms with van der Waals surface area (Å²) in [5.74, 6) is 5.71. The number of nitrogens with one attached hydrogen (secondary N) is 1. The summed E-state index contributed by atoms with van der Waals surface area (Å²) in [4.78, 5) is 0. The lowest BCUT2D eigenvalue weighted by atomic mass is 10.3. The molecule has 1 unspecified atom stereocenters. The molecule has 3 nitrogen and oxygen atoms in total. The van der Waals surface area contributed by atoms with E-state index in [4.69, 9.17) is 5.84 Å². The molecule has 0 saturated carbocycles. The molecule has 0 aromatic carbocycles. The van der Waals surface area contributed by atoms with Crippen molar-refractivity contribution in [2.45, 2.75) is 33.2 Å². The first-order valence-electron chi connectivity index (χ1n) is 4.21. The number of nitrogens with zero attached hydrogens (tertiary/aromatic N) is 1. The van der Waals surface area contributed by atoms with Crippen LogP contribution < -0.4 is 11.3 Å². The van der Waals surface area contributed by atoms with E-state index in [1.54, 1.807) is 11.2 Å². The van der Waals surface area contributed by atoms with Crippen LogP contribution in [0.5, 0.6) is 0 Å². The van der Waals surface area contributed by atoms with E-state index in [9.17, 15) is 0 Å². The summed E-state index contributed by atoms with van der Waals surface area (Å²) >= 11 is 0. The van der Waals surface area contributed by atoms with Gasteiger partial charge < -0.3 is 5.43 Å². The molecule has 3 heteroatoms. The minimum atomic E-state index is 0.332. The molecule has 0 radical (unpaired) electrons. The third-order valence-corrected chi connectivity index (χ3v) is 1.74. The maximum absolute atomic E-state index is 5.71. The smallest absolute Gasteiger partial charge is 0.0416 e. The highest BCUT2D eigenvalue weighted by molar-refractivity contribution is 5.04. The van der Waals surface area contributed by atoms with Gasteiger partial charge in [0.25, 0.3) is 0 Å². The van der Waals surface area contributed by atoms with Crippen molar-refractivity contribution in [1.29, 1.82) is 0 Å². The number of allylic oxidation sites excluding steroid dienone is 3. The molecule has 0 amide bonds. The van der Waals surface area contributed by atoms with E-state index < -0.39 is 0 Å². The van der Waals surface area contributed by atoms with Crippen LogP contribution in [0.1, 0.15) is 27.2 Å². The van der Waals surface area contributed by atoms with Crippen LogP contribution in [0.2, 0.25) is 0 Å². The summed E-state index contributed by atoms with van der Waals surface area (Å²) in [7, 11) is 0. The van der Waals surface area contributed by atoms with Gasteiger partial charge in [0.05, 0.1) is 0 Å². The molecule has 0 rings (SSSR count). The first-order chi connectivity index (χ1) is 5.61. The molecule has 0 saturated heterocycles. The Kier molecular flexibility index (Phi) is 5.41. The molecule has 1 atom stereocenters. The fourth-order valence-electron chi connectivity index (χ4n) is 0.725. The molecule has 0 fully saturated rings. The third kappa shape index (κ3) is 4.16. The molecule has 0 heterocycles. The predicted octanol–water partition coefficient (Wildman–Crippen LogP) is 1.55. The summed E-state index contributed by atoms with van der Waals surface area (Å²) < 4.78 is 0. The summed E-state index contributed by atoms with van der Waals surface area (Å²) in [6.07, 6.45) is 4.62. The normalized spacial score (nSPS) is 14.6. The fourth-order valence-corrected chi connectivity index (χ4v) is 0.725. The molecule has 0 aliphatic rings. The average molecular weight is 169 g/mol. The largest absolute Gasteiger partial charge is 0.310 e. The summed E-state index contributed by atoms with van der Waals surface area (Å²) in [5, 5.41) is 1.61. The molecule has 0 aromatic heterocycles. The van der Waals surface area contributed by atoms with Crippen molar-refractivity contribution in [3.63, 3.8) is 0 Å². The molecular formula is C9H19N3. The molecule has 0 aromatic rings. The van der Waals surface area contributed by atoms with Gasteiger partial charge in [-0.05, 0) is 26.3 Å². The minimum absolute atomic E-state index is 0.332. The topological polar surface area (TPSA) is 41.3 Å². The lowest BCUT2D eigenvalue weighted by Gasteiger charge is -2.24. The zero-order chi connectivity index (χ0) is 9.56. The summed E-state index contributed by atoms with van der Waals surface area (Å²) in [6.45, 7) is 9.71. The van der Waals surface area contributed by atoms with Crippen molar-refractivity contribution in [2.24, 2.45) is 5.84 Å². The van der Waals surface area contributed by atoms with E-state index in [2.05, 4.69) is 25.9 Å². The number of nitrogens with two attached hydrogens (primary N) is 1. The highest BCUT2D eigenvalue weighted by Gasteiger charge is 2.05. The molecule has 0 aliphatic heterocycles. The van der Waals surface area contributed by atoms with Crippen molar-refractivity contribution in [2.75, 3.05) is 0 Å². The summed E-state index contributed by atoms with van der Waals surface area (Å²) in [5.41, 5.74) is 4.03. The van der Waals surface area contributed by atoms with Gasteiger partial charge in [-0.1, -0.05) is 19.6 Å². The van der Waals surface area contributed by atoms with Gasteiger partial charge in [-0.3, -0.25) is 5.84 Å². The monoisotopic (exact) mass is 169 g/mol. The lowest BCUT2D eigenvalue weighted by molar-refractivity contribution is 0.153. The van der Waals surface area contributed by atoms with Crippen molar-refractivity contribution in [3.05, 3.63) is 24.4 Å². The van der Waals surface area contributed by atoms with Gasteiger partial charge in [0.1, 0.15) is 0 Å². The highest BCUT2D eigenvalue weighted by atomic mass is 15.7. The summed E-state index contributed by atoms with van der Waals surface area (Å²) in [6, 6.07) is 0.332. The Bertz CT molecular complexity index is 163. The Balaban J connectivity index is 3.90. The van der Waals surface area contributed by atoms with Gasteiger partial charge in [0.2, 0.25) is 0 Å². The number of rotatable bonds is 5. The SMILES string of the molecule is C=C/C=C(/C)NN(N)C(C)CC. The quantitative estimate of drug-likeness (QED) is 0.373. The average Bonchev–Trinajstić information content (AvgIpc) is 2.03. The van der Waals surface area contributed by atoms with Gasteiger partial charge in [-0.2, -0.15) is 5.12 Å². The first kappa shape index (κ1) is 11.2. The van der Waals surface area contributed by atoms with Gasteiger partial charge >= 0.3 is 0 Å². The fraction of sp³-hybridized carbons (Fsp3) is 0.556. The van der Waals surface area contributed by atoms with E-state index in [1.807, 2.05) is 13.0 Å². The standard InChI is InChI=1S/C9H19N3/c1-5-7-8(3)11-12(10)9(4)6-2/h5,7,9,11H,1,6,10H2,2-4H3/b8-7-. The molecule has 0 spiro atoms. The Labute approximate surface area is 74.9 Å². The van der Waals surface area contributed by atoms with E-state index in [0.717, 1.165) is 12.1 Å². The van der Waals surface area contributed by atoms with Crippen LogP contribution >= 0.6 is 0 Å². The minimum Gasteiger partial charge on any atom is -0.310 e. The van der Waals surface area contributed by atoms with E-state index in [1.165, 1.54) is 0 Å². The Morgan fingerprint density at radius 1 is 1.75 bits per heavy atom. The van der Waals surface area contributed by atoms with Gasteiger partial charge in [-0.25, -0.2) is 0 Å². The van der Waals surface area contributed by atoms with Crippen LogP contribution in [0.15, 0.2) is 24.4 Å². The zero-order valence-electron chi connectivity index (χ0n) is 8.17. The number of hydrazine groups is 2. The molecule has 0 bridgehead atoms. The molecule has 70 valence electrons. The van der Waals surface area contributed by atoms with E-state index in [-0.39, 0.29) is 0 Å². The van der Waals surface area contributed by atoms with E-state index in [0.29, 0.717) is 6.04 Å². The van der Waals surface area contributed by atoms with Crippen LogP contribution in [0.4, 0.5) is 0 Å². The van der Waals surface area contributed by atoms with Gasteiger partial charge in [0, 0.05) is 11.7 Å². The van der Waals surface area contributed by atoms with Crippen LogP contribution in [0, 0.1) is 0 Å². The van der Waals surface area contributed by atoms with Crippen molar-refractivity contribution in [1.82, 2.24) is 10.5 Å². The van der Waals surface area contributed by atoms with Crippen molar-refractivity contribution >= 4 is 0 Å². The molecule has 0 aliphatic carbocycles. The van der Waals surface area contributed by atoms with E-state index >= 15 is 0 Å². The van der Waals surface area contributed by atoms with Crippen LogP contribution in [-0.2, 0) is 0 Å². The third-order valence-electron chi connectivity index (χ3n) is 1.74. The van der Waals surface area contributed by atoms with Crippen LogP contribution in [-0.4, -0.2) is 11.2 Å². The zero-order valence-corrected chi connectivity index (χ0v) is 8.17. The second-order valence-electron chi connectivity index (χ2n) is 2.86. The number of hydrogen-bond acceptors (Lipinski definition) is 3. The second kappa shape index (κ2) is 5.80. The van der Waals surface area contributed by atoms with Crippen LogP contribution in [0.3, 0.4) is 0 Å². The maximum atomic E-state index is 5.71. The van der Waals surface area contributed by atoms with Crippen molar-refractivity contribution in [3.8, 4) is 0 Å². The Hall–Kier alpha value is -0.800. The Morgan fingerprint density at radius 3 is 2.75 bits per heavy atom. The van der Waals surface area contributed by atoms with Crippen molar-refractivity contribution < 1.29 is 0 Å². The van der Waals surface area contributed by atoms with Gasteiger partial charge in [0.15, 0.2) is 0 Å². The second-order valence-corrected chi connectivity index (χ2v) is 2.86. The molecule has 12 heavy (non-hydrogen) atoms. The first-order valence-corrected chi connectivity index (χ1v) is 4.21. The lowest BCUT2D eigenvalue weighted by Crippen LogP contribution is -2.48. The highest BCUT2D eigenvalue weighted by Crippen LogP contribution is 1.96. The predicted molar refractivity (Wildman–Crippen MR) is 52.9 cm³/mol.